The van der Waals surface area contributed by atoms with Gasteiger partial charge in [-0.25, -0.2) is 4.57 Å². The van der Waals surface area contributed by atoms with E-state index >= 15 is 0 Å². The van der Waals surface area contributed by atoms with Crippen LogP contribution in [-0.4, -0.2) is 71.1 Å². The van der Waals surface area contributed by atoms with Crippen molar-refractivity contribution in [1.82, 2.24) is 0 Å². The minimum Gasteiger partial charge on any atom is -0.480 e. The van der Waals surface area contributed by atoms with Gasteiger partial charge in [-0.05, 0) is 70.6 Å². The molecule has 0 saturated heterocycles. The number of carbonyl (C=O) groups excluding carboxylic acids is 2. The number of unbranched alkanes of at least 4 members (excludes halogenated alkanes) is 13. The van der Waals surface area contributed by atoms with Gasteiger partial charge in [-0.15, -0.1) is 0 Å². The normalized spacial score (nSPS) is 14.9. The number of aliphatic hydroxyl groups excluding tert-OH is 1. The molecule has 0 bridgehead atoms. The summed E-state index contributed by atoms with van der Waals surface area (Å²) in [4.78, 5) is 46.0. The van der Waals surface area contributed by atoms with E-state index < -0.39 is 63.8 Å². The van der Waals surface area contributed by atoms with E-state index in [1.807, 2.05) is 12.2 Å². The minimum absolute atomic E-state index is 0.0734. The third-order valence-corrected chi connectivity index (χ3v) is 9.99. The molecule has 0 aliphatic rings. The van der Waals surface area contributed by atoms with Gasteiger partial charge in [0.1, 0.15) is 12.6 Å². The van der Waals surface area contributed by atoms with Gasteiger partial charge in [0.05, 0.1) is 19.3 Å². The van der Waals surface area contributed by atoms with E-state index in [4.69, 9.17) is 24.8 Å². The van der Waals surface area contributed by atoms with Gasteiger partial charge in [-0.2, -0.15) is 0 Å². The van der Waals surface area contributed by atoms with Crippen molar-refractivity contribution in [3.05, 3.63) is 72.9 Å². The number of esters is 2. The van der Waals surface area contributed by atoms with Crippen LogP contribution in [0.25, 0.3) is 0 Å². The highest BCUT2D eigenvalue weighted by Crippen LogP contribution is 2.43. The maximum Gasteiger partial charge on any atom is 0.472 e. The zero-order valence-corrected chi connectivity index (χ0v) is 37.1. The largest absolute Gasteiger partial charge is 0.480 e. The van der Waals surface area contributed by atoms with Crippen LogP contribution in [0, 0.1) is 0 Å². The summed E-state index contributed by atoms with van der Waals surface area (Å²) in [5.74, 6) is -2.62. The van der Waals surface area contributed by atoms with Crippen molar-refractivity contribution >= 4 is 25.7 Å². The van der Waals surface area contributed by atoms with Crippen molar-refractivity contribution in [1.29, 1.82) is 0 Å². The molecule has 5 N–H and O–H groups in total. The zero-order chi connectivity index (χ0) is 43.7. The molecule has 0 aromatic rings. The highest BCUT2D eigenvalue weighted by Gasteiger charge is 2.28. The Labute approximate surface area is 355 Å². The molecule has 0 heterocycles. The first kappa shape index (κ1) is 55.9. The molecule has 0 radical (unpaired) electrons. The van der Waals surface area contributed by atoms with Crippen LogP contribution in [0.5, 0.6) is 0 Å². The molecule has 0 amide bonds. The van der Waals surface area contributed by atoms with E-state index in [-0.39, 0.29) is 25.7 Å². The fourth-order valence-electron chi connectivity index (χ4n) is 5.56. The third kappa shape index (κ3) is 40.1. The topological polar surface area (TPSA) is 192 Å². The Bertz CT molecular complexity index is 1290. The number of carboxylic acid groups (broad SMARTS) is 1. The number of nitrogens with two attached hydrogens (primary N) is 1. The number of ether oxygens (including phenoxy) is 2. The van der Waals surface area contributed by atoms with Crippen molar-refractivity contribution in [3.8, 4) is 0 Å². The standard InChI is InChI=1S/C46H78NO11P/c1-3-5-7-9-11-13-15-17-18-19-20-22-24-26-28-30-32-36-44(49)55-38-42(39-56-59(53,54)57-40-43(47)46(51)52)58-45(50)37-33-35-41(48)34-31-29-27-25-23-21-16-14-12-10-8-6-4-2/h6,8,12,14,17-18,21,23,27,29,31,34,41-43,48H,3-5,7,9-11,13,15-16,19-20,22,24-26,28,30,32-33,35-40,47H2,1-2H3,(H,51,52)(H,53,54)/b8-6-,14-12-,18-17-,23-21-,29-27-,34-31+/t41?,42-,43+/m1/s1. The van der Waals surface area contributed by atoms with Gasteiger partial charge in [0.2, 0.25) is 0 Å². The number of phosphoric acid groups is 1. The summed E-state index contributed by atoms with van der Waals surface area (Å²) in [6.45, 7) is 2.47. The number of aliphatic carboxylic acids is 1. The highest BCUT2D eigenvalue weighted by molar-refractivity contribution is 7.47. The second-order valence-corrected chi connectivity index (χ2v) is 16.1. The molecule has 0 fully saturated rings. The molecular formula is C46H78NO11P. The Kier molecular flexibility index (Phi) is 38.2. The molecule has 13 heteroatoms. The number of carbonyl (C=O) groups is 3. The number of phosphoric ester groups is 1. The Morgan fingerprint density at radius 3 is 1.75 bits per heavy atom. The summed E-state index contributed by atoms with van der Waals surface area (Å²) >= 11 is 0. The van der Waals surface area contributed by atoms with Gasteiger partial charge >= 0.3 is 25.7 Å². The van der Waals surface area contributed by atoms with E-state index in [0.717, 1.165) is 57.8 Å². The van der Waals surface area contributed by atoms with E-state index in [1.54, 1.807) is 12.2 Å². The van der Waals surface area contributed by atoms with E-state index in [9.17, 15) is 28.9 Å². The minimum atomic E-state index is -4.78. The Morgan fingerprint density at radius 1 is 0.627 bits per heavy atom. The maximum atomic E-state index is 12.6. The van der Waals surface area contributed by atoms with Crippen LogP contribution in [0.2, 0.25) is 0 Å². The van der Waals surface area contributed by atoms with Crippen LogP contribution in [0.4, 0.5) is 0 Å². The number of hydrogen-bond acceptors (Lipinski definition) is 10. The fraction of sp³-hybridized carbons (Fsp3) is 0.674. The lowest BCUT2D eigenvalue weighted by Gasteiger charge is -2.20. The zero-order valence-electron chi connectivity index (χ0n) is 36.2. The summed E-state index contributed by atoms with van der Waals surface area (Å²) in [5.41, 5.74) is 5.32. The quantitative estimate of drug-likeness (QED) is 0.0150. The lowest BCUT2D eigenvalue weighted by atomic mass is 10.1. The summed E-state index contributed by atoms with van der Waals surface area (Å²) < 4.78 is 32.5. The monoisotopic (exact) mass is 852 g/mol. The molecular weight excluding hydrogens is 773 g/mol. The summed E-state index contributed by atoms with van der Waals surface area (Å²) in [6, 6.07) is -1.56. The van der Waals surface area contributed by atoms with Crippen LogP contribution in [0.3, 0.4) is 0 Å². The van der Waals surface area contributed by atoms with E-state index in [1.165, 1.54) is 57.8 Å². The molecule has 4 atom stereocenters. The number of rotatable bonds is 40. The molecule has 59 heavy (non-hydrogen) atoms. The van der Waals surface area contributed by atoms with Gasteiger partial charge < -0.3 is 30.3 Å². The van der Waals surface area contributed by atoms with Crippen molar-refractivity contribution in [2.45, 2.75) is 180 Å². The van der Waals surface area contributed by atoms with Gasteiger partial charge in [0.15, 0.2) is 6.10 Å². The molecule has 0 saturated carbocycles. The van der Waals surface area contributed by atoms with E-state index in [2.05, 4.69) is 67.0 Å². The summed E-state index contributed by atoms with van der Waals surface area (Å²) in [7, 11) is -4.78. The number of aliphatic hydroxyl groups is 1. The molecule has 0 aliphatic carbocycles. The molecule has 12 nitrogen and oxygen atoms in total. The number of hydrogen-bond donors (Lipinski definition) is 4. The lowest BCUT2D eigenvalue weighted by Crippen LogP contribution is -2.34. The summed E-state index contributed by atoms with van der Waals surface area (Å²) in [5, 5.41) is 19.2. The molecule has 0 aromatic heterocycles. The predicted molar refractivity (Wildman–Crippen MR) is 237 cm³/mol. The highest BCUT2D eigenvalue weighted by atomic mass is 31.2. The van der Waals surface area contributed by atoms with Crippen molar-refractivity contribution < 1.29 is 52.6 Å². The number of carboxylic acids is 1. The first-order valence-electron chi connectivity index (χ1n) is 22.1. The second kappa shape index (κ2) is 40.3. The second-order valence-electron chi connectivity index (χ2n) is 14.6. The lowest BCUT2D eigenvalue weighted by molar-refractivity contribution is -0.161. The first-order valence-corrected chi connectivity index (χ1v) is 23.6. The Hall–Kier alpha value is -3.12. The first-order chi connectivity index (χ1) is 28.5. The van der Waals surface area contributed by atoms with E-state index in [0.29, 0.717) is 6.42 Å². The van der Waals surface area contributed by atoms with Crippen LogP contribution >= 0.6 is 7.82 Å². The fourth-order valence-corrected chi connectivity index (χ4v) is 6.34. The average molecular weight is 852 g/mol. The van der Waals surface area contributed by atoms with Gasteiger partial charge in [0.25, 0.3) is 0 Å². The van der Waals surface area contributed by atoms with Crippen molar-refractivity contribution in [3.63, 3.8) is 0 Å². The molecule has 2 unspecified atom stereocenters. The van der Waals surface area contributed by atoms with Gasteiger partial charge in [-0.1, -0.05) is 151 Å². The molecule has 0 aliphatic heterocycles. The van der Waals surface area contributed by atoms with Crippen LogP contribution in [0.15, 0.2) is 72.9 Å². The van der Waals surface area contributed by atoms with Crippen molar-refractivity contribution in [2.75, 3.05) is 19.8 Å². The Balaban J connectivity index is 4.56. The number of allylic oxidation sites excluding steroid dienone is 11. The predicted octanol–water partition coefficient (Wildman–Crippen LogP) is 10.7. The maximum absolute atomic E-state index is 12.6. The molecule has 338 valence electrons. The smallest absolute Gasteiger partial charge is 0.472 e. The van der Waals surface area contributed by atoms with Crippen LogP contribution in [0.1, 0.15) is 162 Å². The van der Waals surface area contributed by atoms with Crippen LogP contribution < -0.4 is 5.73 Å². The molecule has 0 spiro atoms. The SMILES string of the molecule is CC/C=C\C/C=C\C/C=C\C/C=C\C=C\C(O)CCCC(=O)O[C@H](COC(=O)CCCCCCCCC/C=C\CCCCCCCC)COP(=O)(O)OC[C@H](N)C(=O)O. The molecule has 0 aromatic carbocycles. The average Bonchev–Trinajstić information content (AvgIpc) is 3.20. The Morgan fingerprint density at radius 2 is 1.15 bits per heavy atom. The third-order valence-electron chi connectivity index (χ3n) is 9.04. The van der Waals surface area contributed by atoms with Crippen LogP contribution in [-0.2, 0) is 37.5 Å². The van der Waals surface area contributed by atoms with Gasteiger partial charge in [0, 0.05) is 12.8 Å². The van der Waals surface area contributed by atoms with Gasteiger partial charge in [-0.3, -0.25) is 23.4 Å². The molecule has 0 rings (SSSR count). The van der Waals surface area contributed by atoms with Crippen molar-refractivity contribution in [2.24, 2.45) is 5.73 Å². The summed E-state index contributed by atoms with van der Waals surface area (Å²) in [6.07, 6.45) is 44.3.